The predicted molar refractivity (Wildman–Crippen MR) is 84.0 cm³/mol. The van der Waals surface area contributed by atoms with Crippen molar-refractivity contribution in [1.29, 1.82) is 0 Å². The van der Waals surface area contributed by atoms with Gasteiger partial charge in [-0.3, -0.25) is 0 Å². The average molecular weight is 283 g/mol. The van der Waals surface area contributed by atoms with Crippen molar-refractivity contribution >= 4 is 0 Å². The van der Waals surface area contributed by atoms with Crippen LogP contribution in [0.25, 0.3) is 0 Å². The van der Waals surface area contributed by atoms with Gasteiger partial charge in [0.25, 0.3) is 0 Å². The zero-order chi connectivity index (χ0) is 14.8. The molecule has 0 spiro atoms. The first-order chi connectivity index (χ1) is 9.43. The lowest BCUT2D eigenvalue weighted by molar-refractivity contribution is 0.0190. The summed E-state index contributed by atoms with van der Waals surface area (Å²) in [5, 5.41) is 13.3. The zero-order valence-corrected chi connectivity index (χ0v) is 13.7. The first kappa shape index (κ1) is 16.2. The molecule has 118 valence electrons. The van der Waals surface area contributed by atoms with E-state index in [0.29, 0.717) is 6.04 Å². The Kier molecular flexibility index (Phi) is 5.46. The summed E-state index contributed by atoms with van der Waals surface area (Å²) in [5.74, 6) is 0.824. The molecule has 0 aromatic carbocycles. The summed E-state index contributed by atoms with van der Waals surface area (Å²) in [5.41, 5.74) is -0.179. The third kappa shape index (κ3) is 3.94. The number of rotatable bonds is 5. The Bertz CT molecular complexity index is 310. The highest BCUT2D eigenvalue weighted by atomic mass is 16.3. The lowest BCUT2D eigenvalue weighted by Gasteiger charge is -2.48. The molecule has 0 aromatic heterocycles. The molecule has 0 saturated carbocycles. The van der Waals surface area contributed by atoms with Gasteiger partial charge in [-0.1, -0.05) is 13.8 Å². The van der Waals surface area contributed by atoms with Crippen LogP contribution in [0.3, 0.4) is 0 Å². The number of aliphatic hydroxyl groups is 1. The summed E-state index contributed by atoms with van der Waals surface area (Å²) in [6, 6.07) is 1.20. The van der Waals surface area contributed by atoms with Crippen molar-refractivity contribution in [2.45, 2.75) is 57.7 Å². The van der Waals surface area contributed by atoms with Gasteiger partial charge in [-0.2, -0.15) is 0 Å². The molecule has 0 bridgehead atoms. The molecular weight excluding hydrogens is 250 g/mol. The van der Waals surface area contributed by atoms with E-state index in [1.54, 1.807) is 0 Å². The average Bonchev–Trinajstić information content (AvgIpc) is 2.38. The minimum absolute atomic E-state index is 0.179. The lowest BCUT2D eigenvalue weighted by atomic mass is 9.83. The standard InChI is InChI=1S/C16H33N3O/c1-13(2)17-16(3,12-20)11-19-9-7-15-14(10-19)6-5-8-18(15)4/h13-15,17,20H,5-12H2,1-4H3. The number of nitrogens with zero attached hydrogens (tertiary/aromatic N) is 2. The van der Waals surface area contributed by atoms with E-state index < -0.39 is 0 Å². The molecule has 2 saturated heterocycles. The number of hydrogen-bond donors (Lipinski definition) is 2. The van der Waals surface area contributed by atoms with Gasteiger partial charge >= 0.3 is 0 Å². The number of piperidine rings is 2. The Hall–Kier alpha value is -0.160. The van der Waals surface area contributed by atoms with Gasteiger partial charge in [0, 0.05) is 25.2 Å². The summed E-state index contributed by atoms with van der Waals surface area (Å²) >= 11 is 0. The molecule has 3 atom stereocenters. The summed E-state index contributed by atoms with van der Waals surface area (Å²) in [4.78, 5) is 5.12. The van der Waals surface area contributed by atoms with E-state index in [9.17, 15) is 5.11 Å². The van der Waals surface area contributed by atoms with Crippen molar-refractivity contribution in [3.05, 3.63) is 0 Å². The fourth-order valence-electron chi connectivity index (χ4n) is 4.20. The molecule has 0 aliphatic carbocycles. The predicted octanol–water partition coefficient (Wildman–Crippen LogP) is 1.15. The monoisotopic (exact) mass is 283 g/mol. The fourth-order valence-corrected chi connectivity index (χ4v) is 4.20. The van der Waals surface area contributed by atoms with Gasteiger partial charge < -0.3 is 20.2 Å². The number of likely N-dealkylation sites (tertiary alicyclic amines) is 2. The number of hydrogen-bond acceptors (Lipinski definition) is 4. The largest absolute Gasteiger partial charge is 0.394 e. The quantitative estimate of drug-likeness (QED) is 0.794. The van der Waals surface area contributed by atoms with Crippen molar-refractivity contribution in [3.8, 4) is 0 Å². The maximum atomic E-state index is 9.74. The first-order valence-corrected chi connectivity index (χ1v) is 8.25. The Labute approximate surface area is 124 Å². The number of aliphatic hydroxyl groups excluding tert-OH is 1. The molecule has 20 heavy (non-hydrogen) atoms. The van der Waals surface area contributed by atoms with E-state index >= 15 is 0 Å². The molecule has 2 fully saturated rings. The molecule has 0 aromatic rings. The second kappa shape index (κ2) is 6.73. The fraction of sp³-hybridized carbons (Fsp3) is 1.00. The minimum atomic E-state index is -0.179. The highest BCUT2D eigenvalue weighted by Gasteiger charge is 2.36. The van der Waals surface area contributed by atoms with Gasteiger partial charge in [0.1, 0.15) is 0 Å². The van der Waals surface area contributed by atoms with Crippen LogP contribution in [-0.2, 0) is 0 Å². The Morgan fingerprint density at radius 3 is 2.70 bits per heavy atom. The Morgan fingerprint density at radius 2 is 2.05 bits per heavy atom. The van der Waals surface area contributed by atoms with Crippen molar-refractivity contribution in [2.75, 3.05) is 39.8 Å². The van der Waals surface area contributed by atoms with Gasteiger partial charge in [0.15, 0.2) is 0 Å². The van der Waals surface area contributed by atoms with Crippen LogP contribution < -0.4 is 5.32 Å². The normalized spacial score (nSPS) is 32.1. The van der Waals surface area contributed by atoms with Crippen LogP contribution in [0.1, 0.15) is 40.0 Å². The van der Waals surface area contributed by atoms with Crippen molar-refractivity contribution in [3.63, 3.8) is 0 Å². The number of nitrogens with one attached hydrogen (secondary N) is 1. The van der Waals surface area contributed by atoms with Crippen LogP contribution in [0.4, 0.5) is 0 Å². The van der Waals surface area contributed by atoms with Crippen LogP contribution in [0.2, 0.25) is 0 Å². The summed E-state index contributed by atoms with van der Waals surface area (Å²) in [6.07, 6.45) is 4.00. The molecule has 4 heteroatoms. The molecule has 2 aliphatic heterocycles. The summed E-state index contributed by atoms with van der Waals surface area (Å²) in [6.45, 7) is 11.2. The molecule has 4 nitrogen and oxygen atoms in total. The smallest absolute Gasteiger partial charge is 0.0623 e. The Balaban J connectivity index is 1.91. The molecule has 2 rings (SSSR count). The molecule has 2 N–H and O–H groups in total. The van der Waals surface area contributed by atoms with Crippen LogP contribution in [0, 0.1) is 5.92 Å². The van der Waals surface area contributed by atoms with Gasteiger partial charge in [0.2, 0.25) is 0 Å². The summed E-state index contributed by atoms with van der Waals surface area (Å²) < 4.78 is 0. The van der Waals surface area contributed by atoms with Gasteiger partial charge in [-0.25, -0.2) is 0 Å². The molecule has 2 aliphatic rings. The molecule has 0 radical (unpaired) electrons. The highest BCUT2D eigenvalue weighted by molar-refractivity contribution is 4.93. The summed E-state index contributed by atoms with van der Waals surface area (Å²) in [7, 11) is 2.28. The molecule has 0 amide bonds. The van der Waals surface area contributed by atoms with Gasteiger partial charge in [-0.05, 0) is 52.2 Å². The van der Waals surface area contributed by atoms with Crippen LogP contribution >= 0.6 is 0 Å². The van der Waals surface area contributed by atoms with E-state index in [0.717, 1.165) is 18.5 Å². The second-order valence-corrected chi connectivity index (χ2v) is 7.49. The molecule has 2 heterocycles. The van der Waals surface area contributed by atoms with Crippen molar-refractivity contribution in [2.24, 2.45) is 5.92 Å². The van der Waals surface area contributed by atoms with E-state index in [4.69, 9.17) is 0 Å². The van der Waals surface area contributed by atoms with E-state index in [1.165, 1.54) is 38.9 Å². The molecular formula is C16H33N3O. The van der Waals surface area contributed by atoms with Gasteiger partial charge in [0.05, 0.1) is 12.1 Å². The maximum Gasteiger partial charge on any atom is 0.0623 e. The zero-order valence-electron chi connectivity index (χ0n) is 13.7. The van der Waals surface area contributed by atoms with Crippen LogP contribution in [-0.4, -0.2) is 72.4 Å². The van der Waals surface area contributed by atoms with Crippen molar-refractivity contribution < 1.29 is 5.11 Å². The maximum absolute atomic E-state index is 9.74. The SMILES string of the molecule is CC(C)NC(C)(CO)CN1CCC2C(CCCN2C)C1. The first-order valence-electron chi connectivity index (χ1n) is 8.25. The number of fused-ring (bicyclic) bond motifs is 1. The van der Waals surface area contributed by atoms with E-state index in [1.807, 2.05) is 0 Å². The van der Waals surface area contributed by atoms with Crippen LogP contribution in [0.15, 0.2) is 0 Å². The Morgan fingerprint density at radius 1 is 1.30 bits per heavy atom. The van der Waals surface area contributed by atoms with E-state index in [-0.39, 0.29) is 12.1 Å². The molecule has 3 unspecified atom stereocenters. The van der Waals surface area contributed by atoms with Gasteiger partial charge in [-0.15, -0.1) is 0 Å². The van der Waals surface area contributed by atoms with E-state index in [2.05, 4.69) is 42.9 Å². The second-order valence-electron chi connectivity index (χ2n) is 7.49. The third-order valence-corrected chi connectivity index (χ3v) is 4.99. The van der Waals surface area contributed by atoms with Crippen LogP contribution in [0.5, 0.6) is 0 Å². The highest BCUT2D eigenvalue weighted by Crippen LogP contribution is 2.30. The van der Waals surface area contributed by atoms with Crippen molar-refractivity contribution in [1.82, 2.24) is 15.1 Å². The topological polar surface area (TPSA) is 38.7 Å². The third-order valence-electron chi connectivity index (χ3n) is 4.99. The minimum Gasteiger partial charge on any atom is -0.394 e. The lowest BCUT2D eigenvalue weighted by Crippen LogP contribution is -2.60.